The number of halogens is 1. The molecule has 0 radical (unpaired) electrons. The van der Waals surface area contributed by atoms with Gasteiger partial charge in [-0.05, 0) is 56.3 Å². The molecule has 2 fully saturated rings. The van der Waals surface area contributed by atoms with E-state index in [1.165, 1.54) is 12.1 Å². The predicted molar refractivity (Wildman–Crippen MR) is 86.3 cm³/mol. The van der Waals surface area contributed by atoms with Gasteiger partial charge >= 0.3 is 0 Å². The smallest absolute Gasteiger partial charge is 0.242 e. The number of nitrogens with one attached hydrogen (secondary N) is 1. The summed E-state index contributed by atoms with van der Waals surface area (Å²) in [4.78, 5) is 14.7. The van der Waals surface area contributed by atoms with E-state index in [2.05, 4.69) is 5.32 Å². The Hall–Kier alpha value is -1.46. The van der Waals surface area contributed by atoms with Gasteiger partial charge in [-0.1, -0.05) is 18.6 Å². The molecule has 2 aliphatic rings. The number of aliphatic hydroxyl groups excluding tert-OH is 1. The van der Waals surface area contributed by atoms with E-state index in [-0.39, 0.29) is 29.8 Å². The number of hydrogen-bond donors (Lipinski definition) is 2. The normalized spacial score (nSPS) is 25.6. The minimum atomic E-state index is -0.441. The van der Waals surface area contributed by atoms with Crippen LogP contribution in [0.1, 0.15) is 43.7 Å². The number of nitrogens with zero attached hydrogens (tertiary/aromatic N) is 1. The van der Waals surface area contributed by atoms with Crippen molar-refractivity contribution in [3.05, 3.63) is 35.6 Å². The van der Waals surface area contributed by atoms with E-state index < -0.39 is 6.04 Å². The molecule has 3 unspecified atom stereocenters. The van der Waals surface area contributed by atoms with E-state index in [0.29, 0.717) is 6.54 Å². The molecular weight excluding hydrogens is 295 g/mol. The number of aliphatic hydroxyl groups is 1. The van der Waals surface area contributed by atoms with Crippen molar-refractivity contribution in [2.24, 2.45) is 5.92 Å². The van der Waals surface area contributed by atoms with Crippen LogP contribution in [0.25, 0.3) is 0 Å². The number of amides is 1. The first-order valence-electron chi connectivity index (χ1n) is 8.48. The first-order valence-corrected chi connectivity index (χ1v) is 8.48. The molecule has 0 bridgehead atoms. The summed E-state index contributed by atoms with van der Waals surface area (Å²) in [5.74, 6) is -0.130. The summed E-state index contributed by atoms with van der Waals surface area (Å²) in [5.41, 5.74) is 0.791. The summed E-state index contributed by atoms with van der Waals surface area (Å²) in [5, 5.41) is 13.1. The molecule has 2 N–H and O–H groups in total. The summed E-state index contributed by atoms with van der Waals surface area (Å²) in [6.45, 7) is 0.668. The summed E-state index contributed by atoms with van der Waals surface area (Å²) >= 11 is 0. The second-order valence-corrected chi connectivity index (χ2v) is 6.93. The first-order chi connectivity index (χ1) is 11.0. The highest BCUT2D eigenvalue weighted by Crippen LogP contribution is 2.30. The van der Waals surface area contributed by atoms with Gasteiger partial charge in [0.2, 0.25) is 5.91 Å². The molecule has 126 valence electrons. The number of rotatable bonds is 6. The van der Waals surface area contributed by atoms with Gasteiger partial charge in [0.1, 0.15) is 11.9 Å². The molecule has 0 aliphatic heterocycles. The Labute approximate surface area is 136 Å². The second kappa shape index (κ2) is 6.97. The maximum atomic E-state index is 13.2. The number of carbonyl (C=O) groups excluding carboxylic acids is 1. The quantitative estimate of drug-likeness (QED) is 0.845. The number of benzene rings is 1. The SMILES string of the molecule is CN(CC1CCCC1O)C(C(=O)NC1CC1)c1ccc(F)cc1. The van der Waals surface area contributed by atoms with Crippen molar-refractivity contribution in [2.75, 3.05) is 13.6 Å². The lowest BCUT2D eigenvalue weighted by Gasteiger charge is -2.30. The monoisotopic (exact) mass is 320 g/mol. The van der Waals surface area contributed by atoms with Crippen LogP contribution in [0.4, 0.5) is 4.39 Å². The number of carbonyl (C=O) groups is 1. The van der Waals surface area contributed by atoms with E-state index in [1.54, 1.807) is 12.1 Å². The summed E-state index contributed by atoms with van der Waals surface area (Å²) in [6.07, 6.45) is 4.66. The van der Waals surface area contributed by atoms with Crippen LogP contribution in [0.15, 0.2) is 24.3 Å². The lowest BCUT2D eigenvalue weighted by atomic mass is 10.0. The van der Waals surface area contributed by atoms with Gasteiger partial charge in [0, 0.05) is 12.6 Å². The topological polar surface area (TPSA) is 52.6 Å². The van der Waals surface area contributed by atoms with Crippen LogP contribution in [0.2, 0.25) is 0 Å². The number of likely N-dealkylation sites (N-methyl/N-ethyl adjacent to an activating group) is 1. The van der Waals surface area contributed by atoms with Crippen LogP contribution in [0.3, 0.4) is 0 Å². The number of hydrogen-bond acceptors (Lipinski definition) is 3. The average molecular weight is 320 g/mol. The Morgan fingerprint density at radius 3 is 2.57 bits per heavy atom. The van der Waals surface area contributed by atoms with Crippen LogP contribution in [0, 0.1) is 11.7 Å². The highest BCUT2D eigenvalue weighted by atomic mass is 19.1. The fourth-order valence-electron chi connectivity index (χ4n) is 3.46. The fourth-order valence-corrected chi connectivity index (χ4v) is 3.46. The van der Waals surface area contributed by atoms with Gasteiger partial charge < -0.3 is 10.4 Å². The van der Waals surface area contributed by atoms with E-state index in [4.69, 9.17) is 0 Å². The Morgan fingerprint density at radius 2 is 2.00 bits per heavy atom. The van der Waals surface area contributed by atoms with Gasteiger partial charge in [-0.25, -0.2) is 4.39 Å². The van der Waals surface area contributed by atoms with Crippen molar-refractivity contribution in [3.8, 4) is 0 Å². The van der Waals surface area contributed by atoms with Crippen molar-refractivity contribution in [2.45, 2.75) is 50.3 Å². The van der Waals surface area contributed by atoms with Crippen molar-refractivity contribution < 1.29 is 14.3 Å². The zero-order valence-corrected chi connectivity index (χ0v) is 13.5. The lowest BCUT2D eigenvalue weighted by molar-refractivity contribution is -0.126. The minimum absolute atomic E-state index is 0.0332. The molecule has 2 aliphatic carbocycles. The molecule has 2 saturated carbocycles. The third-order valence-corrected chi connectivity index (χ3v) is 4.94. The van der Waals surface area contributed by atoms with Crippen molar-refractivity contribution >= 4 is 5.91 Å². The van der Waals surface area contributed by atoms with Crippen LogP contribution in [0.5, 0.6) is 0 Å². The molecule has 0 spiro atoms. The van der Waals surface area contributed by atoms with Crippen LogP contribution < -0.4 is 5.32 Å². The Kier molecular flexibility index (Phi) is 4.97. The van der Waals surface area contributed by atoms with Gasteiger partial charge in [0.05, 0.1) is 6.10 Å². The molecule has 5 heteroatoms. The zero-order valence-electron chi connectivity index (χ0n) is 13.5. The largest absolute Gasteiger partial charge is 0.393 e. The molecule has 0 saturated heterocycles. The third kappa shape index (κ3) is 4.09. The van der Waals surface area contributed by atoms with Crippen molar-refractivity contribution in [1.29, 1.82) is 0 Å². The second-order valence-electron chi connectivity index (χ2n) is 6.93. The Bertz CT molecular complexity index is 544. The van der Waals surface area contributed by atoms with Gasteiger partial charge in [-0.2, -0.15) is 0 Å². The Balaban J connectivity index is 1.75. The van der Waals surface area contributed by atoms with Crippen LogP contribution >= 0.6 is 0 Å². The summed E-state index contributed by atoms with van der Waals surface area (Å²) < 4.78 is 13.2. The molecule has 0 heterocycles. The molecule has 23 heavy (non-hydrogen) atoms. The molecule has 1 aromatic carbocycles. The highest BCUT2D eigenvalue weighted by molar-refractivity contribution is 5.83. The van der Waals surface area contributed by atoms with E-state index >= 15 is 0 Å². The molecule has 1 amide bonds. The lowest BCUT2D eigenvalue weighted by Crippen LogP contribution is -2.42. The summed E-state index contributed by atoms with van der Waals surface area (Å²) in [7, 11) is 1.91. The Morgan fingerprint density at radius 1 is 1.30 bits per heavy atom. The van der Waals surface area contributed by atoms with Gasteiger partial charge in [0.25, 0.3) is 0 Å². The van der Waals surface area contributed by atoms with Crippen molar-refractivity contribution in [3.63, 3.8) is 0 Å². The first kappa shape index (κ1) is 16.4. The van der Waals surface area contributed by atoms with Crippen LogP contribution in [-0.4, -0.2) is 41.7 Å². The van der Waals surface area contributed by atoms with Gasteiger partial charge in [-0.15, -0.1) is 0 Å². The molecule has 3 atom stereocenters. The highest BCUT2D eigenvalue weighted by Gasteiger charge is 2.33. The van der Waals surface area contributed by atoms with E-state index in [0.717, 1.165) is 37.7 Å². The molecule has 3 rings (SSSR count). The average Bonchev–Trinajstić information content (AvgIpc) is 3.24. The predicted octanol–water partition coefficient (Wildman–Crippen LogP) is 2.24. The van der Waals surface area contributed by atoms with Crippen molar-refractivity contribution in [1.82, 2.24) is 10.2 Å². The molecular formula is C18H25FN2O2. The molecule has 0 aromatic heterocycles. The van der Waals surface area contributed by atoms with E-state index in [1.807, 2.05) is 11.9 Å². The standard InChI is InChI=1S/C18H25FN2O2/c1-21(11-13-3-2-4-16(13)22)17(18(23)20-15-9-10-15)12-5-7-14(19)8-6-12/h5-8,13,15-17,22H,2-4,9-11H2,1H3,(H,20,23). The maximum absolute atomic E-state index is 13.2. The summed E-state index contributed by atoms with van der Waals surface area (Å²) in [6, 6.07) is 5.98. The van der Waals surface area contributed by atoms with Gasteiger partial charge in [-0.3, -0.25) is 9.69 Å². The van der Waals surface area contributed by atoms with E-state index in [9.17, 15) is 14.3 Å². The van der Waals surface area contributed by atoms with Gasteiger partial charge in [0.15, 0.2) is 0 Å². The fraction of sp³-hybridized carbons (Fsp3) is 0.611. The zero-order chi connectivity index (χ0) is 16.4. The van der Waals surface area contributed by atoms with Crippen LogP contribution in [-0.2, 0) is 4.79 Å². The minimum Gasteiger partial charge on any atom is -0.393 e. The molecule has 4 nitrogen and oxygen atoms in total. The third-order valence-electron chi connectivity index (χ3n) is 4.94. The maximum Gasteiger partial charge on any atom is 0.242 e. The molecule has 1 aromatic rings.